The zero-order valence-electron chi connectivity index (χ0n) is 12.8. The van der Waals surface area contributed by atoms with Gasteiger partial charge in [-0.2, -0.15) is 0 Å². The third-order valence-corrected chi connectivity index (χ3v) is 3.83. The van der Waals surface area contributed by atoms with E-state index in [9.17, 15) is 0 Å². The fraction of sp³-hybridized carbons (Fsp3) is 0.647. The van der Waals surface area contributed by atoms with Gasteiger partial charge in [0.05, 0.1) is 0 Å². The van der Waals surface area contributed by atoms with Crippen LogP contribution in [-0.2, 0) is 6.54 Å². The van der Waals surface area contributed by atoms with Crippen molar-refractivity contribution < 1.29 is 0 Å². The summed E-state index contributed by atoms with van der Waals surface area (Å²) in [6.45, 7) is 11.0. The van der Waals surface area contributed by atoms with Crippen LogP contribution < -0.4 is 5.32 Å². The molecule has 0 fully saturated rings. The van der Waals surface area contributed by atoms with E-state index < -0.39 is 0 Å². The summed E-state index contributed by atoms with van der Waals surface area (Å²) in [6.07, 6.45) is 2.27. The second-order valence-corrected chi connectivity index (χ2v) is 6.83. The molecule has 0 amide bonds. The minimum atomic E-state index is 0.326. The molecule has 1 aromatic rings. The van der Waals surface area contributed by atoms with Crippen molar-refractivity contribution in [3.63, 3.8) is 0 Å². The van der Waals surface area contributed by atoms with Gasteiger partial charge < -0.3 is 5.32 Å². The molecule has 1 N–H and O–H groups in total. The number of benzene rings is 1. The summed E-state index contributed by atoms with van der Waals surface area (Å²) in [5.74, 6) is 1.37. The summed E-state index contributed by atoms with van der Waals surface area (Å²) in [6, 6.07) is 8.93. The Balaban J connectivity index is 2.36. The van der Waals surface area contributed by atoms with Gasteiger partial charge in [-0.3, -0.25) is 0 Å². The molecule has 0 spiro atoms. The Morgan fingerprint density at radius 1 is 1.16 bits per heavy atom. The van der Waals surface area contributed by atoms with Crippen molar-refractivity contribution in [2.75, 3.05) is 12.4 Å². The van der Waals surface area contributed by atoms with E-state index in [-0.39, 0.29) is 0 Å². The van der Waals surface area contributed by atoms with Crippen molar-refractivity contribution in [3.05, 3.63) is 35.4 Å². The maximum absolute atomic E-state index is 5.76. The summed E-state index contributed by atoms with van der Waals surface area (Å²) in [5, 5.41) is 3.56. The summed E-state index contributed by atoms with van der Waals surface area (Å²) in [5.41, 5.74) is 3.09. The highest BCUT2D eigenvalue weighted by Gasteiger charge is 2.16. The van der Waals surface area contributed by atoms with E-state index in [1.165, 1.54) is 17.5 Å². The van der Waals surface area contributed by atoms with Gasteiger partial charge in [0.2, 0.25) is 0 Å². The Labute approximate surface area is 123 Å². The summed E-state index contributed by atoms with van der Waals surface area (Å²) >= 11 is 5.76. The van der Waals surface area contributed by atoms with Gasteiger partial charge in [-0.25, -0.2) is 0 Å². The monoisotopic (exact) mass is 281 g/mol. The average molecular weight is 282 g/mol. The van der Waals surface area contributed by atoms with Gasteiger partial charge >= 0.3 is 0 Å². The molecule has 0 heterocycles. The lowest BCUT2D eigenvalue weighted by atomic mass is 9.88. The van der Waals surface area contributed by atoms with Gasteiger partial charge in [0.15, 0.2) is 0 Å². The smallest absolute Gasteiger partial charge is 0.0223 e. The first-order chi connectivity index (χ1) is 8.94. The lowest BCUT2D eigenvalue weighted by Gasteiger charge is -2.24. The van der Waals surface area contributed by atoms with Crippen LogP contribution in [0.2, 0.25) is 0 Å². The van der Waals surface area contributed by atoms with Crippen molar-refractivity contribution >= 4 is 11.6 Å². The molecule has 0 aliphatic carbocycles. The van der Waals surface area contributed by atoms with E-state index in [0.717, 1.165) is 25.4 Å². The average Bonchev–Trinajstić information content (AvgIpc) is 2.37. The molecule has 0 saturated heterocycles. The molecule has 0 radical (unpaired) electrons. The molecule has 108 valence electrons. The van der Waals surface area contributed by atoms with E-state index in [4.69, 9.17) is 11.6 Å². The second kappa shape index (κ2) is 7.91. The largest absolute Gasteiger partial charge is 0.312 e. The standard InChI is InChI=1S/C17H28ClN/c1-14(2)16-8-6-15(7-9-16)12-19-13-17(3,4)10-5-11-18/h6-9,14,19H,5,10-13H2,1-4H3. The van der Waals surface area contributed by atoms with Crippen LogP contribution in [0.15, 0.2) is 24.3 Å². The molecule has 19 heavy (non-hydrogen) atoms. The molecule has 1 rings (SSSR count). The third kappa shape index (κ3) is 6.44. The Kier molecular flexibility index (Phi) is 6.88. The van der Waals surface area contributed by atoms with E-state index in [0.29, 0.717) is 11.3 Å². The summed E-state index contributed by atoms with van der Waals surface area (Å²) in [4.78, 5) is 0. The van der Waals surface area contributed by atoms with Gasteiger partial charge in [0.25, 0.3) is 0 Å². The summed E-state index contributed by atoms with van der Waals surface area (Å²) < 4.78 is 0. The fourth-order valence-electron chi connectivity index (χ4n) is 2.20. The van der Waals surface area contributed by atoms with E-state index in [2.05, 4.69) is 57.3 Å². The maximum atomic E-state index is 5.76. The second-order valence-electron chi connectivity index (χ2n) is 6.46. The molecule has 0 saturated carbocycles. The SMILES string of the molecule is CC(C)c1ccc(CNCC(C)(C)CCCCl)cc1. The quantitative estimate of drug-likeness (QED) is 0.665. The predicted molar refractivity (Wildman–Crippen MR) is 86.0 cm³/mol. The molecule has 1 nitrogen and oxygen atoms in total. The fourth-order valence-corrected chi connectivity index (χ4v) is 2.33. The number of hydrogen-bond donors (Lipinski definition) is 1. The lowest BCUT2D eigenvalue weighted by molar-refractivity contribution is 0.311. The van der Waals surface area contributed by atoms with Crippen LogP contribution in [0.25, 0.3) is 0 Å². The van der Waals surface area contributed by atoms with Crippen LogP contribution in [-0.4, -0.2) is 12.4 Å². The van der Waals surface area contributed by atoms with Crippen LogP contribution >= 0.6 is 11.6 Å². The van der Waals surface area contributed by atoms with E-state index in [1.807, 2.05) is 0 Å². The van der Waals surface area contributed by atoms with Crippen LogP contribution in [0.4, 0.5) is 0 Å². The topological polar surface area (TPSA) is 12.0 Å². The number of rotatable bonds is 8. The maximum Gasteiger partial charge on any atom is 0.0223 e. The zero-order valence-corrected chi connectivity index (χ0v) is 13.6. The first kappa shape index (κ1) is 16.5. The molecule has 0 aromatic heterocycles. The first-order valence-electron chi connectivity index (χ1n) is 7.30. The number of hydrogen-bond acceptors (Lipinski definition) is 1. The summed E-state index contributed by atoms with van der Waals surface area (Å²) in [7, 11) is 0. The van der Waals surface area contributed by atoms with Crippen molar-refractivity contribution in [3.8, 4) is 0 Å². The highest BCUT2D eigenvalue weighted by molar-refractivity contribution is 6.17. The van der Waals surface area contributed by atoms with E-state index in [1.54, 1.807) is 0 Å². The normalized spacial score (nSPS) is 12.1. The molecule has 1 aromatic carbocycles. The molecule has 0 aliphatic heterocycles. The van der Waals surface area contributed by atoms with Gasteiger partial charge in [-0.15, -0.1) is 11.6 Å². The minimum Gasteiger partial charge on any atom is -0.312 e. The van der Waals surface area contributed by atoms with Crippen molar-refractivity contribution in [1.29, 1.82) is 0 Å². The van der Waals surface area contributed by atoms with Crippen LogP contribution in [0.3, 0.4) is 0 Å². The number of alkyl halides is 1. The Morgan fingerprint density at radius 3 is 2.32 bits per heavy atom. The highest BCUT2D eigenvalue weighted by Crippen LogP contribution is 2.21. The van der Waals surface area contributed by atoms with Gasteiger partial charge in [0, 0.05) is 19.0 Å². The number of halogens is 1. The lowest BCUT2D eigenvalue weighted by Crippen LogP contribution is -2.29. The van der Waals surface area contributed by atoms with Crippen LogP contribution in [0.1, 0.15) is 57.6 Å². The Morgan fingerprint density at radius 2 is 1.79 bits per heavy atom. The molecule has 2 heteroatoms. The molecule has 0 bridgehead atoms. The van der Waals surface area contributed by atoms with E-state index >= 15 is 0 Å². The minimum absolute atomic E-state index is 0.326. The van der Waals surface area contributed by atoms with Crippen molar-refractivity contribution in [2.24, 2.45) is 5.41 Å². The molecular formula is C17H28ClN. The van der Waals surface area contributed by atoms with Gasteiger partial charge in [-0.05, 0) is 35.3 Å². The molecule has 0 atom stereocenters. The number of nitrogens with one attached hydrogen (secondary N) is 1. The van der Waals surface area contributed by atoms with Gasteiger partial charge in [-0.1, -0.05) is 52.0 Å². The zero-order chi connectivity index (χ0) is 14.3. The third-order valence-electron chi connectivity index (χ3n) is 3.57. The molecular weight excluding hydrogens is 254 g/mol. The van der Waals surface area contributed by atoms with Crippen molar-refractivity contribution in [1.82, 2.24) is 5.32 Å². The highest BCUT2D eigenvalue weighted by atomic mass is 35.5. The molecule has 0 unspecified atom stereocenters. The van der Waals surface area contributed by atoms with Crippen molar-refractivity contribution in [2.45, 2.75) is 53.0 Å². The predicted octanol–water partition coefficient (Wildman–Crippen LogP) is 4.94. The van der Waals surface area contributed by atoms with Crippen LogP contribution in [0, 0.1) is 5.41 Å². The van der Waals surface area contributed by atoms with Gasteiger partial charge in [0.1, 0.15) is 0 Å². The molecule has 0 aliphatic rings. The first-order valence-corrected chi connectivity index (χ1v) is 7.83. The Hall–Kier alpha value is -0.530. The Bertz CT molecular complexity index is 354. The van der Waals surface area contributed by atoms with Crippen LogP contribution in [0.5, 0.6) is 0 Å².